The van der Waals surface area contributed by atoms with Crippen molar-refractivity contribution < 1.29 is 14.5 Å². The molecule has 4 rings (SSSR count). The molecular formula is C23H15ClN2O4S2. The molecule has 160 valence electrons. The van der Waals surface area contributed by atoms with Crippen LogP contribution in [0.2, 0.25) is 5.02 Å². The topological polar surface area (TPSA) is 72.7 Å². The van der Waals surface area contributed by atoms with Gasteiger partial charge in [-0.3, -0.25) is 19.8 Å². The minimum atomic E-state index is -0.444. The van der Waals surface area contributed by atoms with E-state index in [1.807, 2.05) is 18.2 Å². The van der Waals surface area contributed by atoms with E-state index in [4.69, 9.17) is 28.6 Å². The molecule has 32 heavy (non-hydrogen) atoms. The normalized spacial score (nSPS) is 14.8. The maximum Gasteiger partial charge on any atom is 0.270 e. The molecule has 0 spiro atoms. The van der Waals surface area contributed by atoms with Crippen LogP contribution in [-0.4, -0.2) is 15.2 Å². The van der Waals surface area contributed by atoms with Crippen LogP contribution in [0.5, 0.6) is 5.75 Å². The Balaban J connectivity index is 1.53. The SMILES string of the molecule is O=C1/C(=C/c2ccccc2OCc2ccc([N+](=O)[O-])cc2)SC(=S)N1c1ccc(Cl)cc1. The van der Waals surface area contributed by atoms with Crippen LogP contribution in [0.1, 0.15) is 11.1 Å². The third kappa shape index (κ3) is 4.83. The van der Waals surface area contributed by atoms with Gasteiger partial charge >= 0.3 is 0 Å². The maximum atomic E-state index is 13.0. The first kappa shape index (κ1) is 22.0. The van der Waals surface area contributed by atoms with E-state index >= 15 is 0 Å². The summed E-state index contributed by atoms with van der Waals surface area (Å²) in [6.45, 7) is 0.231. The Bertz CT molecular complexity index is 1230. The molecule has 0 bridgehead atoms. The standard InChI is InChI=1S/C23H15ClN2O4S2/c24-17-7-11-18(12-8-17)25-22(27)21(32-23(25)31)13-16-3-1-2-4-20(16)30-14-15-5-9-19(10-6-15)26(28)29/h1-13H,14H2/b21-13-. The van der Waals surface area contributed by atoms with Crippen LogP contribution in [0, 0.1) is 10.1 Å². The third-order valence-corrected chi connectivity index (χ3v) is 6.18. The Labute approximate surface area is 198 Å². The van der Waals surface area contributed by atoms with Gasteiger partial charge < -0.3 is 4.74 Å². The van der Waals surface area contributed by atoms with Crippen molar-refractivity contribution in [3.63, 3.8) is 0 Å². The van der Waals surface area contributed by atoms with E-state index in [1.54, 1.807) is 48.5 Å². The Morgan fingerprint density at radius 1 is 1.06 bits per heavy atom. The summed E-state index contributed by atoms with van der Waals surface area (Å²) in [5.74, 6) is 0.370. The van der Waals surface area contributed by atoms with Crippen molar-refractivity contribution in [2.45, 2.75) is 6.61 Å². The van der Waals surface area contributed by atoms with E-state index in [1.165, 1.54) is 28.8 Å². The number of thiocarbonyl (C=S) groups is 1. The number of thioether (sulfide) groups is 1. The van der Waals surface area contributed by atoms with Gasteiger partial charge in [0, 0.05) is 22.7 Å². The molecule has 0 saturated carbocycles. The Kier molecular flexibility index (Phi) is 6.55. The lowest BCUT2D eigenvalue weighted by Gasteiger charge is -2.14. The van der Waals surface area contributed by atoms with Gasteiger partial charge in [0.2, 0.25) is 0 Å². The summed E-state index contributed by atoms with van der Waals surface area (Å²) >= 11 is 12.6. The van der Waals surface area contributed by atoms with Gasteiger partial charge in [-0.15, -0.1) is 0 Å². The number of amides is 1. The van der Waals surface area contributed by atoms with Crippen molar-refractivity contribution in [3.05, 3.63) is 104 Å². The van der Waals surface area contributed by atoms with Crippen LogP contribution in [0.15, 0.2) is 77.7 Å². The molecule has 1 heterocycles. The van der Waals surface area contributed by atoms with Gasteiger partial charge in [-0.05, 0) is 54.1 Å². The molecule has 1 aliphatic rings. The Morgan fingerprint density at radius 3 is 2.44 bits per heavy atom. The summed E-state index contributed by atoms with van der Waals surface area (Å²) in [7, 11) is 0. The number of ether oxygens (including phenoxy) is 1. The van der Waals surface area contributed by atoms with Crippen LogP contribution in [0.4, 0.5) is 11.4 Å². The van der Waals surface area contributed by atoms with E-state index in [2.05, 4.69) is 0 Å². The molecule has 0 unspecified atom stereocenters. The van der Waals surface area contributed by atoms with Gasteiger partial charge in [-0.25, -0.2) is 0 Å². The van der Waals surface area contributed by atoms with Crippen LogP contribution < -0.4 is 9.64 Å². The number of nitro benzene ring substituents is 1. The van der Waals surface area contributed by atoms with Crippen molar-refractivity contribution in [1.29, 1.82) is 0 Å². The molecule has 1 saturated heterocycles. The molecule has 0 N–H and O–H groups in total. The van der Waals surface area contributed by atoms with E-state index in [-0.39, 0.29) is 18.2 Å². The van der Waals surface area contributed by atoms with E-state index < -0.39 is 4.92 Å². The highest BCUT2D eigenvalue weighted by Gasteiger charge is 2.33. The molecule has 0 atom stereocenters. The number of carbonyl (C=O) groups is 1. The lowest BCUT2D eigenvalue weighted by molar-refractivity contribution is -0.384. The van der Waals surface area contributed by atoms with Gasteiger partial charge in [0.05, 0.1) is 15.5 Å². The van der Waals surface area contributed by atoms with Crippen LogP contribution in [0.3, 0.4) is 0 Å². The van der Waals surface area contributed by atoms with E-state index in [0.717, 1.165) is 11.1 Å². The Hall–Kier alpha value is -3.20. The highest BCUT2D eigenvalue weighted by Crippen LogP contribution is 2.37. The number of hydrogen-bond acceptors (Lipinski definition) is 6. The molecule has 1 aliphatic heterocycles. The fourth-order valence-electron chi connectivity index (χ4n) is 3.03. The molecule has 9 heteroatoms. The molecule has 3 aromatic rings. The van der Waals surface area contributed by atoms with Crippen molar-refractivity contribution in [2.24, 2.45) is 0 Å². The maximum absolute atomic E-state index is 13.0. The van der Waals surface area contributed by atoms with E-state index in [9.17, 15) is 14.9 Å². The predicted molar refractivity (Wildman–Crippen MR) is 131 cm³/mol. The second kappa shape index (κ2) is 9.52. The second-order valence-corrected chi connectivity index (χ2v) is 8.86. The lowest BCUT2D eigenvalue weighted by Crippen LogP contribution is -2.27. The van der Waals surface area contributed by atoms with Crippen molar-refractivity contribution in [2.75, 3.05) is 4.90 Å². The smallest absolute Gasteiger partial charge is 0.270 e. The summed E-state index contributed by atoms with van der Waals surface area (Å²) in [5, 5.41) is 11.4. The van der Waals surface area contributed by atoms with Gasteiger partial charge in [-0.1, -0.05) is 53.8 Å². The Morgan fingerprint density at radius 2 is 1.75 bits per heavy atom. The number of hydrogen-bond donors (Lipinski definition) is 0. The fraction of sp³-hybridized carbons (Fsp3) is 0.0435. The number of anilines is 1. The summed E-state index contributed by atoms with van der Waals surface area (Å²) in [6, 6.07) is 20.4. The van der Waals surface area contributed by atoms with Crippen molar-refractivity contribution >= 4 is 63.3 Å². The van der Waals surface area contributed by atoms with Gasteiger partial charge in [0.25, 0.3) is 11.6 Å². The van der Waals surface area contributed by atoms with Gasteiger partial charge in [0.15, 0.2) is 4.32 Å². The molecule has 6 nitrogen and oxygen atoms in total. The summed E-state index contributed by atoms with van der Waals surface area (Å²) in [4.78, 5) is 25.3. The zero-order chi connectivity index (χ0) is 22.7. The number of nitrogens with zero attached hydrogens (tertiary/aromatic N) is 2. The number of benzene rings is 3. The zero-order valence-corrected chi connectivity index (χ0v) is 18.8. The average molecular weight is 483 g/mol. The lowest BCUT2D eigenvalue weighted by atomic mass is 10.1. The summed E-state index contributed by atoms with van der Waals surface area (Å²) < 4.78 is 6.36. The number of nitro groups is 1. The number of rotatable bonds is 6. The highest BCUT2D eigenvalue weighted by atomic mass is 35.5. The van der Waals surface area contributed by atoms with E-state index in [0.29, 0.717) is 25.7 Å². The molecule has 0 radical (unpaired) electrons. The first-order valence-electron chi connectivity index (χ1n) is 9.41. The summed E-state index contributed by atoms with van der Waals surface area (Å²) in [6.07, 6.45) is 1.75. The van der Waals surface area contributed by atoms with Crippen molar-refractivity contribution in [1.82, 2.24) is 0 Å². The number of para-hydroxylation sites is 1. The van der Waals surface area contributed by atoms with Crippen LogP contribution in [-0.2, 0) is 11.4 Å². The molecule has 1 fully saturated rings. The second-order valence-electron chi connectivity index (χ2n) is 6.74. The van der Waals surface area contributed by atoms with Gasteiger partial charge in [-0.2, -0.15) is 0 Å². The first-order valence-corrected chi connectivity index (χ1v) is 11.0. The first-order chi connectivity index (χ1) is 15.4. The number of non-ortho nitro benzene ring substituents is 1. The summed E-state index contributed by atoms with van der Waals surface area (Å²) in [5.41, 5.74) is 2.20. The zero-order valence-electron chi connectivity index (χ0n) is 16.4. The average Bonchev–Trinajstić information content (AvgIpc) is 3.07. The van der Waals surface area contributed by atoms with Crippen molar-refractivity contribution in [3.8, 4) is 5.75 Å². The minimum Gasteiger partial charge on any atom is -0.488 e. The van der Waals surface area contributed by atoms with Crippen LogP contribution in [0.25, 0.3) is 6.08 Å². The predicted octanol–water partition coefficient (Wildman–Crippen LogP) is 6.23. The molecular weight excluding hydrogens is 468 g/mol. The third-order valence-electron chi connectivity index (χ3n) is 4.63. The monoisotopic (exact) mass is 482 g/mol. The number of carbonyl (C=O) groups excluding carboxylic acids is 1. The highest BCUT2D eigenvalue weighted by molar-refractivity contribution is 8.27. The largest absolute Gasteiger partial charge is 0.488 e. The minimum absolute atomic E-state index is 0.0249. The molecule has 0 aromatic heterocycles. The fourth-order valence-corrected chi connectivity index (χ4v) is 4.44. The van der Waals surface area contributed by atoms with Gasteiger partial charge in [0.1, 0.15) is 12.4 Å². The number of halogens is 1. The molecule has 3 aromatic carbocycles. The van der Waals surface area contributed by atoms with Crippen LogP contribution >= 0.6 is 35.6 Å². The quantitative estimate of drug-likeness (QED) is 0.179. The molecule has 1 amide bonds. The molecule has 0 aliphatic carbocycles.